The number of carbonyl (C=O) groups is 4. The summed E-state index contributed by atoms with van der Waals surface area (Å²) >= 11 is 0. The molecular weight excluding hydrogens is 504 g/mol. The van der Waals surface area contributed by atoms with Gasteiger partial charge in [-0.3, -0.25) is 19.2 Å². The van der Waals surface area contributed by atoms with Gasteiger partial charge in [0.1, 0.15) is 0 Å². The number of rotatable bonds is 24. The average molecular weight is 561 g/mol. The molecule has 0 fully saturated rings. The Hall–Kier alpha value is -2.20. The molecule has 39 heavy (non-hydrogen) atoms. The van der Waals surface area contributed by atoms with Crippen molar-refractivity contribution in [3.05, 3.63) is 0 Å². The van der Waals surface area contributed by atoms with Crippen LogP contribution in [0.3, 0.4) is 0 Å². The Balaban J connectivity index is 5.29. The smallest absolute Gasteiger partial charge is 0.311 e. The maximum absolute atomic E-state index is 12.2. The fourth-order valence-electron chi connectivity index (χ4n) is 4.10. The van der Waals surface area contributed by atoms with Crippen LogP contribution in [0.2, 0.25) is 0 Å². The highest BCUT2D eigenvalue weighted by Gasteiger charge is 2.29. The van der Waals surface area contributed by atoms with E-state index in [1.807, 2.05) is 27.7 Å². The third-order valence-corrected chi connectivity index (χ3v) is 6.69. The topological polar surface area (TPSA) is 105 Å². The van der Waals surface area contributed by atoms with E-state index in [1.165, 1.54) is 0 Å². The summed E-state index contributed by atoms with van der Waals surface area (Å²) in [5.74, 6) is -0.920. The molecule has 0 saturated carbocycles. The first-order valence-electron chi connectivity index (χ1n) is 14.8. The van der Waals surface area contributed by atoms with E-state index in [-0.39, 0.29) is 49.6 Å². The van der Waals surface area contributed by atoms with Gasteiger partial charge in [-0.15, -0.1) is 0 Å². The molecule has 0 saturated heterocycles. The third kappa shape index (κ3) is 19.5. The van der Waals surface area contributed by atoms with Crippen LogP contribution in [-0.4, -0.2) is 113 Å². The average Bonchev–Trinajstić information content (AvgIpc) is 2.92. The Labute approximate surface area is 236 Å². The van der Waals surface area contributed by atoms with Crippen LogP contribution in [0.5, 0.6) is 0 Å². The van der Waals surface area contributed by atoms with Crippen LogP contribution in [-0.2, 0) is 38.1 Å². The first kappa shape index (κ1) is 36.8. The predicted molar refractivity (Wildman–Crippen MR) is 150 cm³/mol. The largest absolute Gasteiger partial charge is 0.466 e. The van der Waals surface area contributed by atoms with Gasteiger partial charge in [-0.2, -0.15) is 0 Å². The fourth-order valence-corrected chi connectivity index (χ4v) is 4.10. The van der Waals surface area contributed by atoms with Gasteiger partial charge in [0, 0.05) is 6.42 Å². The second-order valence-corrected chi connectivity index (χ2v) is 10.8. The SMILES string of the molecule is CCCOC(=O)CC[N+](C)(CCC[N+](C)(CCC(=O)OCCC)CCC(=O)OCCC)CCC(=O)OCCC. The van der Waals surface area contributed by atoms with Crippen LogP contribution in [0.4, 0.5) is 0 Å². The molecule has 10 nitrogen and oxygen atoms in total. The number of esters is 4. The van der Waals surface area contributed by atoms with E-state index in [2.05, 4.69) is 14.1 Å². The molecule has 0 aromatic rings. The van der Waals surface area contributed by atoms with Crippen molar-refractivity contribution in [2.24, 2.45) is 0 Å². The normalized spacial score (nSPS) is 11.6. The zero-order valence-electron chi connectivity index (χ0n) is 25.6. The summed E-state index contributed by atoms with van der Waals surface area (Å²) in [4.78, 5) is 48.8. The number of carbonyl (C=O) groups excluding carboxylic acids is 4. The van der Waals surface area contributed by atoms with Crippen LogP contribution in [0.1, 0.15) is 85.5 Å². The van der Waals surface area contributed by atoms with Crippen molar-refractivity contribution in [3.63, 3.8) is 0 Å². The second kappa shape index (κ2) is 21.6. The van der Waals surface area contributed by atoms with Gasteiger partial charge in [-0.05, 0) is 25.7 Å². The van der Waals surface area contributed by atoms with Crippen LogP contribution in [0.15, 0.2) is 0 Å². The van der Waals surface area contributed by atoms with Crippen molar-refractivity contribution in [2.75, 3.05) is 79.8 Å². The van der Waals surface area contributed by atoms with Crippen LogP contribution >= 0.6 is 0 Å². The molecule has 0 aromatic carbocycles. The van der Waals surface area contributed by atoms with Gasteiger partial charge in [0.25, 0.3) is 0 Å². The van der Waals surface area contributed by atoms with E-state index < -0.39 is 0 Å². The Bertz CT molecular complexity index is 607. The van der Waals surface area contributed by atoms with Gasteiger partial charge >= 0.3 is 23.9 Å². The van der Waals surface area contributed by atoms with Gasteiger partial charge < -0.3 is 27.9 Å². The zero-order valence-corrected chi connectivity index (χ0v) is 25.6. The lowest BCUT2D eigenvalue weighted by Gasteiger charge is -2.38. The van der Waals surface area contributed by atoms with Crippen molar-refractivity contribution in [3.8, 4) is 0 Å². The summed E-state index contributed by atoms with van der Waals surface area (Å²) in [6.07, 6.45) is 4.99. The van der Waals surface area contributed by atoms with Crippen molar-refractivity contribution in [2.45, 2.75) is 85.5 Å². The lowest BCUT2D eigenvalue weighted by molar-refractivity contribution is -0.927. The maximum atomic E-state index is 12.2. The summed E-state index contributed by atoms with van der Waals surface area (Å²) in [7, 11) is 4.10. The predicted octanol–water partition coefficient (Wildman–Crippen LogP) is 3.64. The highest BCUT2D eigenvalue weighted by Crippen LogP contribution is 2.14. The lowest BCUT2D eigenvalue weighted by atomic mass is 10.2. The van der Waals surface area contributed by atoms with Crippen LogP contribution in [0.25, 0.3) is 0 Å². The van der Waals surface area contributed by atoms with E-state index in [4.69, 9.17) is 18.9 Å². The van der Waals surface area contributed by atoms with Gasteiger partial charge in [-0.1, -0.05) is 27.7 Å². The minimum absolute atomic E-state index is 0.230. The van der Waals surface area contributed by atoms with E-state index in [1.54, 1.807) is 0 Å². The highest BCUT2D eigenvalue weighted by molar-refractivity contribution is 5.70. The molecule has 0 bridgehead atoms. The summed E-state index contributed by atoms with van der Waals surface area (Å²) in [5, 5.41) is 0. The first-order chi connectivity index (χ1) is 18.5. The minimum atomic E-state index is -0.230. The summed E-state index contributed by atoms with van der Waals surface area (Å²) in [5.41, 5.74) is 0. The van der Waals surface area contributed by atoms with Gasteiger partial charge in [0.15, 0.2) is 0 Å². The maximum Gasteiger partial charge on any atom is 0.311 e. The molecule has 0 heterocycles. The molecule has 10 heteroatoms. The molecule has 0 radical (unpaired) electrons. The summed E-state index contributed by atoms with van der Waals surface area (Å²) in [6, 6.07) is 0. The number of hydrogen-bond acceptors (Lipinski definition) is 8. The summed E-state index contributed by atoms with van der Waals surface area (Å²) in [6.45, 7) is 13.1. The quantitative estimate of drug-likeness (QED) is 0.100. The van der Waals surface area contributed by atoms with E-state index >= 15 is 0 Å². The molecule has 0 amide bonds. The highest BCUT2D eigenvalue weighted by atomic mass is 16.5. The van der Waals surface area contributed by atoms with Crippen molar-refractivity contribution < 1.29 is 47.1 Å². The Kier molecular flexibility index (Phi) is 20.4. The van der Waals surface area contributed by atoms with E-state index in [9.17, 15) is 19.2 Å². The number of hydrogen-bond donors (Lipinski definition) is 0. The molecule has 0 atom stereocenters. The van der Waals surface area contributed by atoms with Crippen molar-refractivity contribution in [1.29, 1.82) is 0 Å². The van der Waals surface area contributed by atoms with Crippen LogP contribution < -0.4 is 0 Å². The van der Waals surface area contributed by atoms with E-state index in [0.717, 1.165) is 45.2 Å². The number of quaternary nitrogens is 2. The zero-order chi connectivity index (χ0) is 29.6. The molecule has 0 spiro atoms. The molecule has 0 unspecified atom stereocenters. The third-order valence-electron chi connectivity index (χ3n) is 6.69. The van der Waals surface area contributed by atoms with E-state index in [0.29, 0.717) is 61.6 Å². The molecule has 0 aliphatic carbocycles. The Morgan fingerprint density at radius 2 is 0.667 bits per heavy atom. The van der Waals surface area contributed by atoms with Crippen molar-refractivity contribution in [1.82, 2.24) is 0 Å². The number of ether oxygens (including phenoxy) is 4. The fraction of sp³-hybridized carbons (Fsp3) is 0.862. The monoisotopic (exact) mass is 560 g/mol. The summed E-state index contributed by atoms with van der Waals surface area (Å²) < 4.78 is 22.1. The molecule has 0 aromatic heterocycles. The number of nitrogens with zero attached hydrogens (tertiary/aromatic N) is 2. The molecular formula is C29H56N2O8+2. The van der Waals surface area contributed by atoms with Gasteiger partial charge in [0.2, 0.25) is 0 Å². The van der Waals surface area contributed by atoms with Crippen molar-refractivity contribution >= 4 is 23.9 Å². The molecule has 0 aliphatic rings. The molecule has 0 rings (SSSR count). The molecule has 228 valence electrons. The Morgan fingerprint density at radius 1 is 0.436 bits per heavy atom. The molecule has 0 N–H and O–H groups in total. The van der Waals surface area contributed by atoms with Crippen LogP contribution in [0, 0.1) is 0 Å². The first-order valence-corrected chi connectivity index (χ1v) is 14.8. The molecule has 0 aliphatic heterocycles. The van der Waals surface area contributed by atoms with Gasteiger partial charge in [-0.25, -0.2) is 0 Å². The second-order valence-electron chi connectivity index (χ2n) is 10.8. The Morgan fingerprint density at radius 3 is 0.872 bits per heavy atom. The standard InChI is InChI=1S/C29H56N2O8/c1-7-22-36-26(32)12-18-30(5,19-13-27(33)37-23-8-2)16-11-17-31(6,20-14-28(34)38-24-9-3)21-15-29(35)39-25-10-4/h7-25H2,1-6H3/q+2. The lowest BCUT2D eigenvalue weighted by Crippen LogP contribution is -2.51. The van der Waals surface area contributed by atoms with Gasteiger partial charge in [0.05, 0.1) is 105 Å². The minimum Gasteiger partial charge on any atom is -0.466 e.